The van der Waals surface area contributed by atoms with E-state index < -0.39 is 90.3 Å². The molecule has 3 N–H and O–H groups in total. The molecular weight excluding hydrogens is 740 g/mol. The molecule has 0 amide bonds. The third-order valence-corrected chi connectivity index (χ3v) is 11.3. The molecule has 4 rings (SSSR count). The summed E-state index contributed by atoms with van der Waals surface area (Å²) in [5.74, 6) is -4.79. The normalized spacial score (nSPS) is 35.6. The highest BCUT2D eigenvalue weighted by atomic mass is 16.7. The Bertz CT molecular complexity index is 1450. The lowest BCUT2D eigenvalue weighted by Crippen LogP contribution is -2.62. The van der Waals surface area contributed by atoms with Gasteiger partial charge < -0.3 is 48.5 Å². The van der Waals surface area contributed by atoms with Crippen molar-refractivity contribution in [3.8, 4) is 0 Å². The van der Waals surface area contributed by atoms with E-state index in [9.17, 15) is 34.5 Å². The molecule has 4 aliphatic heterocycles. The van der Waals surface area contributed by atoms with Crippen LogP contribution in [0.1, 0.15) is 131 Å². The van der Waals surface area contributed by atoms with E-state index >= 15 is 0 Å². The van der Waals surface area contributed by atoms with E-state index in [-0.39, 0.29) is 43.5 Å². The Balaban J connectivity index is 1.74. The molecule has 0 aliphatic carbocycles. The van der Waals surface area contributed by atoms with Crippen molar-refractivity contribution in [1.29, 1.82) is 0 Å². The lowest BCUT2D eigenvalue weighted by Gasteiger charge is -2.51. The van der Waals surface area contributed by atoms with E-state index in [1.807, 2.05) is 6.08 Å². The average molecular weight is 807 g/mol. The number of hydrogen-bond donors (Lipinski definition) is 3. The molecule has 6 bridgehead atoms. The molecule has 0 spiro atoms. The minimum atomic E-state index is -2.28. The molecule has 322 valence electrons. The fourth-order valence-electron chi connectivity index (χ4n) is 8.31. The predicted octanol–water partition coefficient (Wildman–Crippen LogP) is 5.23. The van der Waals surface area contributed by atoms with Gasteiger partial charge in [-0.3, -0.25) is 14.4 Å². The summed E-state index contributed by atoms with van der Waals surface area (Å²) in [7, 11) is 1.21. The van der Waals surface area contributed by atoms with E-state index in [1.165, 1.54) is 27.0 Å². The van der Waals surface area contributed by atoms with E-state index in [0.717, 1.165) is 31.3 Å². The van der Waals surface area contributed by atoms with Crippen LogP contribution >= 0.6 is 0 Å². The molecule has 11 atom stereocenters. The molecule has 0 aromatic heterocycles. The van der Waals surface area contributed by atoms with Gasteiger partial charge in [0.1, 0.15) is 12.2 Å². The predicted molar refractivity (Wildman–Crippen MR) is 207 cm³/mol. The third kappa shape index (κ3) is 13.7. The largest absolute Gasteiger partial charge is 0.466 e. The molecule has 2 unspecified atom stereocenters. The highest BCUT2D eigenvalue weighted by molar-refractivity contribution is 5.83. The first kappa shape index (κ1) is 46.5. The average Bonchev–Trinajstić information content (AvgIpc) is 3.10. The van der Waals surface area contributed by atoms with Gasteiger partial charge in [-0.15, -0.1) is 0 Å². The van der Waals surface area contributed by atoms with E-state index in [0.29, 0.717) is 38.5 Å². The van der Waals surface area contributed by atoms with Gasteiger partial charge in [0.05, 0.1) is 56.3 Å². The third-order valence-electron chi connectivity index (χ3n) is 11.3. The van der Waals surface area contributed by atoms with Crippen molar-refractivity contribution < 1.29 is 67.7 Å². The number of carbonyl (C=O) groups excluding carboxylic acids is 4. The topological polar surface area (TPSA) is 194 Å². The summed E-state index contributed by atoms with van der Waals surface area (Å²) in [6, 6.07) is 0. The SMILES string of the molecule is C=C1C[C@H]2C[C@H]3CC(OC(C)=O)C[C@@H](C[C@@H](O)CC(=O)O[C@@H]([C@@H](C)O)C[C@@H]4C/C(=C\C(=O)OC)[C@H](OC(=O)CCCCCCC)C(O)(O4)C(C)(C)/C=C/[C@@H](C1)O2)O3. The molecule has 14 nitrogen and oxygen atoms in total. The molecule has 0 radical (unpaired) electrons. The fraction of sp³-hybridized carbons (Fsp3) is 0.767. The Morgan fingerprint density at radius 2 is 1.65 bits per heavy atom. The van der Waals surface area contributed by atoms with Gasteiger partial charge in [0.2, 0.25) is 5.79 Å². The molecule has 3 saturated heterocycles. The van der Waals surface area contributed by atoms with Crippen molar-refractivity contribution in [2.75, 3.05) is 7.11 Å². The monoisotopic (exact) mass is 806 g/mol. The van der Waals surface area contributed by atoms with Gasteiger partial charge in [0.25, 0.3) is 0 Å². The molecule has 14 heteroatoms. The van der Waals surface area contributed by atoms with Crippen LogP contribution in [0.5, 0.6) is 0 Å². The summed E-state index contributed by atoms with van der Waals surface area (Å²) in [6.07, 6.45) is 3.11. The van der Waals surface area contributed by atoms with Crippen LogP contribution in [0.15, 0.2) is 36.0 Å². The quantitative estimate of drug-likeness (QED) is 0.0855. The molecular formula is C43H66O14. The Labute approximate surface area is 337 Å². The van der Waals surface area contributed by atoms with Gasteiger partial charge >= 0.3 is 23.9 Å². The van der Waals surface area contributed by atoms with Crippen molar-refractivity contribution >= 4 is 23.9 Å². The van der Waals surface area contributed by atoms with Crippen LogP contribution in [-0.4, -0.2) is 113 Å². The zero-order chi connectivity index (χ0) is 41.9. The molecule has 0 aromatic carbocycles. The van der Waals surface area contributed by atoms with E-state index in [2.05, 4.69) is 13.5 Å². The van der Waals surface area contributed by atoms with Gasteiger partial charge in [-0.25, -0.2) is 4.79 Å². The van der Waals surface area contributed by atoms with Crippen LogP contribution < -0.4 is 0 Å². The maximum atomic E-state index is 13.4. The Morgan fingerprint density at radius 1 is 0.947 bits per heavy atom. The van der Waals surface area contributed by atoms with Crippen LogP contribution in [0.2, 0.25) is 0 Å². The van der Waals surface area contributed by atoms with Crippen molar-refractivity contribution in [1.82, 2.24) is 0 Å². The van der Waals surface area contributed by atoms with Crippen LogP contribution in [0, 0.1) is 5.41 Å². The zero-order valence-corrected chi connectivity index (χ0v) is 34.7. The van der Waals surface area contributed by atoms with Crippen molar-refractivity contribution in [3.63, 3.8) is 0 Å². The number of rotatable bonds is 10. The summed E-state index contributed by atoms with van der Waals surface area (Å²) in [5.41, 5.74) is -0.135. The summed E-state index contributed by atoms with van der Waals surface area (Å²) >= 11 is 0. The molecule has 0 saturated carbocycles. The number of aliphatic hydroxyl groups excluding tert-OH is 2. The minimum absolute atomic E-state index is 0.0357. The molecule has 4 heterocycles. The standard InChI is InChI=1S/C43H66O14/c1-8-9-10-11-12-13-38(47)56-41-29(19-39(48)51-7)18-36-25-37(27(3)44)55-40(49)21-30(46)20-33-23-34(52-28(4)45)24-35(54-33)22-32-17-26(2)16-31(53-32)14-15-42(5,6)43(41,50)57-36/h14-15,19,27,30-37,41,44,46,50H,2,8-13,16-18,20-25H2,1,3-7H3/b15-14+,29-19+/t27-,30-,31+,32+,33-,34?,35+,36+,37-,41+,43?/m1/s1. The molecule has 0 aromatic rings. The lowest BCUT2D eigenvalue weighted by molar-refractivity contribution is -0.327. The summed E-state index contributed by atoms with van der Waals surface area (Å²) in [4.78, 5) is 51.4. The number of esters is 4. The number of ether oxygens (including phenoxy) is 7. The first-order chi connectivity index (χ1) is 26.9. The van der Waals surface area contributed by atoms with Gasteiger partial charge in [0.15, 0.2) is 6.10 Å². The second kappa shape index (κ2) is 21.2. The van der Waals surface area contributed by atoms with Crippen molar-refractivity contribution in [3.05, 3.63) is 36.0 Å². The smallest absolute Gasteiger partial charge is 0.330 e. The summed E-state index contributed by atoms with van der Waals surface area (Å²) in [6.45, 7) is 12.6. The Hall–Kier alpha value is -3.14. The van der Waals surface area contributed by atoms with Crippen LogP contribution in [0.3, 0.4) is 0 Å². The Kier molecular flexibility index (Phi) is 17.3. The number of cyclic esters (lactones) is 1. The zero-order valence-electron chi connectivity index (χ0n) is 34.7. The number of unbranched alkanes of at least 4 members (excludes halogenated alkanes) is 4. The van der Waals surface area contributed by atoms with Crippen LogP contribution in [0.25, 0.3) is 0 Å². The number of aliphatic hydroxyl groups is 3. The van der Waals surface area contributed by atoms with Gasteiger partial charge in [-0.05, 0) is 38.2 Å². The van der Waals surface area contributed by atoms with Crippen molar-refractivity contribution in [2.45, 2.75) is 198 Å². The highest BCUT2D eigenvalue weighted by Crippen LogP contribution is 2.47. The minimum Gasteiger partial charge on any atom is -0.466 e. The molecule has 4 aliphatic rings. The highest BCUT2D eigenvalue weighted by Gasteiger charge is 2.57. The summed E-state index contributed by atoms with van der Waals surface area (Å²) < 4.78 is 41.8. The van der Waals surface area contributed by atoms with Crippen molar-refractivity contribution in [2.24, 2.45) is 5.41 Å². The van der Waals surface area contributed by atoms with Gasteiger partial charge in [-0.1, -0.05) is 70.8 Å². The lowest BCUT2D eigenvalue weighted by atomic mass is 9.74. The molecule has 57 heavy (non-hydrogen) atoms. The number of methoxy groups -OCH3 is 1. The van der Waals surface area contributed by atoms with E-state index in [1.54, 1.807) is 19.9 Å². The second-order valence-electron chi connectivity index (χ2n) is 16.9. The fourth-order valence-corrected chi connectivity index (χ4v) is 8.31. The number of fused-ring (bicyclic) bond motifs is 6. The van der Waals surface area contributed by atoms with Crippen LogP contribution in [-0.2, 0) is 52.3 Å². The summed E-state index contributed by atoms with van der Waals surface area (Å²) in [5, 5.41) is 34.7. The van der Waals surface area contributed by atoms with Crippen LogP contribution in [0.4, 0.5) is 0 Å². The molecule has 3 fully saturated rings. The Morgan fingerprint density at radius 3 is 2.32 bits per heavy atom. The first-order valence-electron chi connectivity index (χ1n) is 20.7. The maximum Gasteiger partial charge on any atom is 0.330 e. The maximum absolute atomic E-state index is 13.4. The second-order valence-corrected chi connectivity index (χ2v) is 16.9. The number of carbonyl (C=O) groups is 4. The van der Waals surface area contributed by atoms with E-state index in [4.69, 9.17) is 33.2 Å². The van der Waals surface area contributed by atoms with Gasteiger partial charge in [0, 0.05) is 56.9 Å². The first-order valence-corrected chi connectivity index (χ1v) is 20.7. The van der Waals surface area contributed by atoms with Gasteiger partial charge in [-0.2, -0.15) is 0 Å². The number of hydrogen-bond acceptors (Lipinski definition) is 14.